The number of hydrogen-bond donors (Lipinski definition) is 1. The van der Waals surface area contributed by atoms with Gasteiger partial charge in [0.2, 0.25) is 11.8 Å². The number of carbonyl (C=O) groups is 3. The lowest BCUT2D eigenvalue weighted by molar-refractivity contribution is -0.139. The third-order valence-corrected chi connectivity index (χ3v) is 7.24. The van der Waals surface area contributed by atoms with E-state index >= 15 is 0 Å². The molecule has 0 fully saturated rings. The second kappa shape index (κ2) is 12.9. The highest BCUT2D eigenvalue weighted by atomic mass is 16.2. The largest absolute Gasteiger partial charge is 0.356 e. The van der Waals surface area contributed by atoms with Crippen molar-refractivity contribution in [2.24, 2.45) is 5.92 Å². The summed E-state index contributed by atoms with van der Waals surface area (Å²) in [5.41, 5.74) is 4.44. The standard InChI is InChI=1S/C31H42N4O3/c1-7-34(8-2)30(38)27-19-24(20-28(36)33-18-16-26-11-9-10-17-32-26)29(37)35(22(27)3)21-23-12-14-25(15-13-23)31(4,5)6/h9-15,17,24H,7-8,16,18-21H2,1-6H3,(H,33,36). The monoisotopic (exact) mass is 518 g/mol. The molecule has 2 aromatic rings. The Bertz CT molecular complexity index is 1150. The van der Waals surface area contributed by atoms with Gasteiger partial charge in [0.25, 0.3) is 5.91 Å². The normalized spacial score (nSPS) is 16.0. The predicted molar refractivity (Wildman–Crippen MR) is 150 cm³/mol. The van der Waals surface area contributed by atoms with E-state index in [1.165, 1.54) is 5.56 Å². The van der Waals surface area contributed by atoms with Crippen molar-refractivity contribution in [3.8, 4) is 0 Å². The number of allylic oxidation sites excluding steroid dienone is 1. The Kier molecular flexibility index (Phi) is 9.84. The van der Waals surface area contributed by atoms with Gasteiger partial charge in [-0.15, -0.1) is 0 Å². The summed E-state index contributed by atoms with van der Waals surface area (Å²) >= 11 is 0. The number of nitrogens with one attached hydrogen (secondary N) is 1. The maximum absolute atomic E-state index is 13.7. The van der Waals surface area contributed by atoms with E-state index in [1.807, 2.05) is 51.1 Å². The first-order valence-electron chi connectivity index (χ1n) is 13.6. The molecule has 1 aliphatic rings. The minimum absolute atomic E-state index is 0.0354. The molecule has 0 saturated carbocycles. The van der Waals surface area contributed by atoms with Crippen molar-refractivity contribution in [3.63, 3.8) is 0 Å². The van der Waals surface area contributed by atoms with Crippen LogP contribution in [0.4, 0.5) is 0 Å². The summed E-state index contributed by atoms with van der Waals surface area (Å²) in [4.78, 5) is 47.6. The number of carbonyl (C=O) groups excluding carboxylic acids is 3. The Labute approximate surface area is 227 Å². The maximum Gasteiger partial charge on any atom is 0.251 e. The van der Waals surface area contributed by atoms with E-state index in [-0.39, 0.29) is 36.0 Å². The molecule has 7 heteroatoms. The molecular weight excluding hydrogens is 476 g/mol. The lowest BCUT2D eigenvalue weighted by Gasteiger charge is -2.36. The highest BCUT2D eigenvalue weighted by molar-refractivity contribution is 5.98. The van der Waals surface area contributed by atoms with Crippen LogP contribution in [0.3, 0.4) is 0 Å². The van der Waals surface area contributed by atoms with Gasteiger partial charge in [-0.1, -0.05) is 51.1 Å². The Balaban J connectivity index is 1.79. The summed E-state index contributed by atoms with van der Waals surface area (Å²) in [5, 5.41) is 2.92. The molecule has 0 radical (unpaired) electrons. The van der Waals surface area contributed by atoms with E-state index < -0.39 is 5.92 Å². The van der Waals surface area contributed by atoms with Crippen LogP contribution < -0.4 is 5.32 Å². The van der Waals surface area contributed by atoms with Crippen LogP contribution in [-0.4, -0.2) is 52.1 Å². The zero-order valence-corrected chi connectivity index (χ0v) is 23.7. The molecule has 0 saturated heterocycles. The minimum atomic E-state index is -0.586. The summed E-state index contributed by atoms with van der Waals surface area (Å²) in [6, 6.07) is 14.0. The molecule has 1 aromatic carbocycles. The molecule has 7 nitrogen and oxygen atoms in total. The van der Waals surface area contributed by atoms with Crippen LogP contribution in [0.5, 0.6) is 0 Å². The molecular formula is C31H42N4O3. The number of amides is 3. The highest BCUT2D eigenvalue weighted by Crippen LogP contribution is 2.32. The Morgan fingerprint density at radius 1 is 1.08 bits per heavy atom. The SMILES string of the molecule is CCN(CC)C(=O)C1=C(C)N(Cc2ccc(C(C)(C)C)cc2)C(=O)C(CC(=O)NCCc2ccccn2)C1. The number of hydrogen-bond acceptors (Lipinski definition) is 4. The molecule has 204 valence electrons. The van der Waals surface area contributed by atoms with Crippen LogP contribution in [0.15, 0.2) is 59.9 Å². The van der Waals surface area contributed by atoms with Crippen molar-refractivity contribution in [2.75, 3.05) is 19.6 Å². The molecule has 3 rings (SSSR count). The van der Waals surface area contributed by atoms with Crippen LogP contribution in [-0.2, 0) is 32.8 Å². The fraction of sp³-hybridized carbons (Fsp3) is 0.484. The van der Waals surface area contributed by atoms with E-state index in [0.717, 1.165) is 11.3 Å². The first-order chi connectivity index (χ1) is 18.0. The van der Waals surface area contributed by atoms with Crippen LogP contribution in [0.25, 0.3) is 0 Å². The van der Waals surface area contributed by atoms with Gasteiger partial charge < -0.3 is 15.1 Å². The van der Waals surface area contributed by atoms with Crippen molar-refractivity contribution < 1.29 is 14.4 Å². The Morgan fingerprint density at radius 3 is 2.34 bits per heavy atom. The van der Waals surface area contributed by atoms with Gasteiger partial charge in [0, 0.05) is 55.6 Å². The van der Waals surface area contributed by atoms with Gasteiger partial charge in [0.05, 0.1) is 12.5 Å². The molecule has 38 heavy (non-hydrogen) atoms. The summed E-state index contributed by atoms with van der Waals surface area (Å²) in [7, 11) is 0. The number of aromatic nitrogens is 1. The van der Waals surface area contributed by atoms with Gasteiger partial charge in [0.1, 0.15) is 0 Å². The summed E-state index contributed by atoms with van der Waals surface area (Å²) in [6.07, 6.45) is 2.66. The number of benzene rings is 1. The molecule has 1 unspecified atom stereocenters. The van der Waals surface area contributed by atoms with Gasteiger partial charge in [-0.2, -0.15) is 0 Å². The second-order valence-corrected chi connectivity index (χ2v) is 10.9. The first-order valence-corrected chi connectivity index (χ1v) is 13.6. The summed E-state index contributed by atoms with van der Waals surface area (Å²) in [6.45, 7) is 14.2. The van der Waals surface area contributed by atoms with Crippen molar-refractivity contribution >= 4 is 17.7 Å². The average Bonchev–Trinajstić information content (AvgIpc) is 2.89. The first kappa shape index (κ1) is 29.1. The zero-order valence-electron chi connectivity index (χ0n) is 23.7. The molecule has 1 atom stereocenters. The molecule has 2 heterocycles. The van der Waals surface area contributed by atoms with Gasteiger partial charge >= 0.3 is 0 Å². The quantitative estimate of drug-likeness (QED) is 0.498. The zero-order chi connectivity index (χ0) is 27.9. The van der Waals surface area contributed by atoms with E-state index in [9.17, 15) is 14.4 Å². The van der Waals surface area contributed by atoms with Gasteiger partial charge in [0.15, 0.2) is 0 Å². The van der Waals surface area contributed by atoms with E-state index in [1.54, 1.807) is 16.0 Å². The van der Waals surface area contributed by atoms with Crippen molar-refractivity contribution in [3.05, 3.63) is 76.8 Å². The number of rotatable bonds is 10. The lowest BCUT2D eigenvalue weighted by Crippen LogP contribution is -2.44. The van der Waals surface area contributed by atoms with Crippen LogP contribution in [0.1, 0.15) is 71.2 Å². The second-order valence-electron chi connectivity index (χ2n) is 10.9. The lowest BCUT2D eigenvalue weighted by atomic mass is 9.86. The molecule has 3 amide bonds. The molecule has 0 spiro atoms. The topological polar surface area (TPSA) is 82.6 Å². The van der Waals surface area contributed by atoms with Crippen molar-refractivity contribution in [1.29, 1.82) is 0 Å². The molecule has 0 bridgehead atoms. The predicted octanol–water partition coefficient (Wildman–Crippen LogP) is 4.62. The summed E-state index contributed by atoms with van der Waals surface area (Å²) in [5.74, 6) is -0.952. The minimum Gasteiger partial charge on any atom is -0.356 e. The van der Waals surface area contributed by atoms with E-state index in [2.05, 4.69) is 43.2 Å². The third kappa shape index (κ3) is 7.30. The molecule has 0 aliphatic carbocycles. The Hall–Kier alpha value is -3.48. The van der Waals surface area contributed by atoms with Crippen molar-refractivity contribution in [1.82, 2.24) is 20.1 Å². The van der Waals surface area contributed by atoms with Gasteiger partial charge in [-0.3, -0.25) is 19.4 Å². The fourth-order valence-corrected chi connectivity index (χ4v) is 4.79. The van der Waals surface area contributed by atoms with Crippen LogP contribution >= 0.6 is 0 Å². The number of likely N-dealkylation sites (N-methyl/N-ethyl adjacent to an activating group) is 1. The van der Waals surface area contributed by atoms with Crippen molar-refractivity contribution in [2.45, 2.75) is 72.8 Å². The highest BCUT2D eigenvalue weighted by Gasteiger charge is 2.37. The third-order valence-electron chi connectivity index (χ3n) is 7.24. The number of nitrogens with zero attached hydrogens (tertiary/aromatic N) is 3. The molecule has 1 N–H and O–H groups in total. The molecule has 1 aromatic heterocycles. The van der Waals surface area contributed by atoms with Gasteiger partial charge in [-0.05, 0) is 55.9 Å². The Morgan fingerprint density at radius 2 is 1.76 bits per heavy atom. The van der Waals surface area contributed by atoms with Gasteiger partial charge in [-0.25, -0.2) is 0 Å². The summed E-state index contributed by atoms with van der Waals surface area (Å²) < 4.78 is 0. The van der Waals surface area contributed by atoms with E-state index in [0.29, 0.717) is 43.9 Å². The maximum atomic E-state index is 13.7. The van der Waals surface area contributed by atoms with E-state index in [4.69, 9.17) is 0 Å². The fourth-order valence-electron chi connectivity index (χ4n) is 4.79. The number of pyridine rings is 1. The van der Waals surface area contributed by atoms with Crippen LogP contribution in [0, 0.1) is 5.92 Å². The smallest absolute Gasteiger partial charge is 0.251 e. The molecule has 1 aliphatic heterocycles. The van der Waals surface area contributed by atoms with Crippen LogP contribution in [0.2, 0.25) is 0 Å². The average molecular weight is 519 g/mol.